The zero-order chi connectivity index (χ0) is 18.5. The van der Waals surface area contributed by atoms with E-state index in [1.54, 1.807) is 7.11 Å². The fraction of sp³-hybridized carbons (Fsp3) is 0.800. The molecular formula is C15H28N2O7. The molecule has 0 aromatic carbocycles. The van der Waals surface area contributed by atoms with Gasteiger partial charge in [-0.25, -0.2) is 0 Å². The number of nitrogens with one attached hydrogen (secondary N) is 1. The smallest absolute Gasteiger partial charge is 0.320 e. The maximum atomic E-state index is 11.3. The lowest BCUT2D eigenvalue weighted by atomic mass is 10.1. The number of hydrogen-bond donors (Lipinski definition) is 4. The standard InChI is InChI=1S/C15H28N2O7/c1-11(10-24-2)7-16-6-4-3-5-12(15(22)23)17(8-13(18)19)9-14(20)21/h11-12,16H,3-10H2,1-2H3,(H,18,19)(H,20,21)(H,22,23). The van der Waals surface area contributed by atoms with Crippen LogP contribution in [0.3, 0.4) is 0 Å². The molecule has 2 atom stereocenters. The summed E-state index contributed by atoms with van der Waals surface area (Å²) >= 11 is 0. The third-order valence-electron chi connectivity index (χ3n) is 3.43. The van der Waals surface area contributed by atoms with Crippen LogP contribution in [0.1, 0.15) is 26.2 Å². The molecule has 24 heavy (non-hydrogen) atoms. The number of ether oxygens (including phenoxy) is 1. The molecule has 0 heterocycles. The van der Waals surface area contributed by atoms with Gasteiger partial charge in [-0.05, 0) is 31.8 Å². The summed E-state index contributed by atoms with van der Waals surface area (Å²) in [4.78, 5) is 33.9. The Morgan fingerprint density at radius 1 is 1.08 bits per heavy atom. The molecule has 0 aromatic rings. The topological polar surface area (TPSA) is 136 Å². The minimum atomic E-state index is -1.25. The minimum absolute atomic E-state index is 0.200. The van der Waals surface area contributed by atoms with Crippen LogP contribution in [-0.2, 0) is 19.1 Å². The SMILES string of the molecule is COCC(C)CNCCCCC(C(=O)O)N(CC(=O)O)CC(=O)O. The van der Waals surface area contributed by atoms with Crippen LogP contribution in [0.15, 0.2) is 0 Å². The van der Waals surface area contributed by atoms with Crippen molar-refractivity contribution in [2.45, 2.75) is 32.2 Å². The summed E-state index contributed by atoms with van der Waals surface area (Å²) in [5, 5.41) is 30.1. The van der Waals surface area contributed by atoms with Gasteiger partial charge in [0.15, 0.2) is 0 Å². The van der Waals surface area contributed by atoms with Gasteiger partial charge in [-0.15, -0.1) is 0 Å². The van der Waals surface area contributed by atoms with Gasteiger partial charge in [-0.3, -0.25) is 19.3 Å². The molecule has 0 fully saturated rings. The average molecular weight is 348 g/mol. The second-order valence-electron chi connectivity index (χ2n) is 5.81. The number of rotatable bonds is 15. The van der Waals surface area contributed by atoms with E-state index in [2.05, 4.69) is 5.32 Å². The van der Waals surface area contributed by atoms with Gasteiger partial charge in [0.1, 0.15) is 6.04 Å². The fourth-order valence-corrected chi connectivity index (χ4v) is 2.37. The molecule has 4 N–H and O–H groups in total. The van der Waals surface area contributed by atoms with E-state index in [4.69, 9.17) is 14.9 Å². The molecule has 0 amide bonds. The van der Waals surface area contributed by atoms with Gasteiger partial charge >= 0.3 is 17.9 Å². The molecule has 0 radical (unpaired) electrons. The third kappa shape index (κ3) is 10.9. The minimum Gasteiger partial charge on any atom is -0.480 e. The zero-order valence-electron chi connectivity index (χ0n) is 14.2. The summed E-state index contributed by atoms with van der Waals surface area (Å²) in [6.45, 7) is 2.98. The Morgan fingerprint density at radius 2 is 1.67 bits per heavy atom. The number of unbranched alkanes of at least 4 members (excludes halogenated alkanes) is 1. The second-order valence-corrected chi connectivity index (χ2v) is 5.81. The van der Waals surface area contributed by atoms with E-state index in [9.17, 15) is 19.5 Å². The molecule has 2 unspecified atom stereocenters. The van der Waals surface area contributed by atoms with Crippen LogP contribution in [-0.4, -0.2) is 84.1 Å². The molecule has 140 valence electrons. The number of carbonyl (C=O) groups is 3. The number of aliphatic carboxylic acids is 3. The van der Waals surface area contributed by atoms with E-state index in [1.807, 2.05) is 6.92 Å². The fourth-order valence-electron chi connectivity index (χ4n) is 2.37. The van der Waals surface area contributed by atoms with Gasteiger partial charge in [0.25, 0.3) is 0 Å². The normalized spacial score (nSPS) is 13.6. The zero-order valence-corrected chi connectivity index (χ0v) is 14.2. The van der Waals surface area contributed by atoms with Gasteiger partial charge in [-0.1, -0.05) is 13.3 Å². The molecule has 0 saturated heterocycles. The lowest BCUT2D eigenvalue weighted by molar-refractivity contribution is -0.149. The quantitative estimate of drug-likeness (QED) is 0.300. The molecule has 0 aliphatic carbocycles. The highest BCUT2D eigenvalue weighted by Gasteiger charge is 2.28. The lowest BCUT2D eigenvalue weighted by Gasteiger charge is -2.25. The summed E-state index contributed by atoms with van der Waals surface area (Å²) in [5.41, 5.74) is 0. The van der Waals surface area contributed by atoms with Crippen LogP contribution in [0.5, 0.6) is 0 Å². The van der Waals surface area contributed by atoms with Gasteiger partial charge in [0.05, 0.1) is 13.1 Å². The number of hydrogen-bond acceptors (Lipinski definition) is 6. The molecule has 0 aliphatic heterocycles. The van der Waals surface area contributed by atoms with Gasteiger partial charge in [-0.2, -0.15) is 0 Å². The van der Waals surface area contributed by atoms with Crippen LogP contribution in [0.25, 0.3) is 0 Å². The van der Waals surface area contributed by atoms with Crippen LogP contribution >= 0.6 is 0 Å². The molecule has 0 spiro atoms. The first-order valence-electron chi connectivity index (χ1n) is 7.88. The maximum Gasteiger partial charge on any atom is 0.320 e. The van der Waals surface area contributed by atoms with Gasteiger partial charge in [0, 0.05) is 13.7 Å². The molecular weight excluding hydrogens is 320 g/mol. The Hall–Kier alpha value is -1.71. The van der Waals surface area contributed by atoms with E-state index >= 15 is 0 Å². The monoisotopic (exact) mass is 348 g/mol. The van der Waals surface area contributed by atoms with Crippen molar-refractivity contribution in [1.29, 1.82) is 0 Å². The molecule has 0 rings (SSSR count). The van der Waals surface area contributed by atoms with E-state index in [1.165, 1.54) is 0 Å². The number of nitrogens with zero attached hydrogens (tertiary/aromatic N) is 1. The molecule has 0 bridgehead atoms. The number of carboxylic acid groups (broad SMARTS) is 3. The van der Waals surface area contributed by atoms with Crippen molar-refractivity contribution in [3.8, 4) is 0 Å². The van der Waals surface area contributed by atoms with Crippen LogP contribution in [0, 0.1) is 5.92 Å². The highest BCUT2D eigenvalue weighted by molar-refractivity contribution is 5.78. The third-order valence-corrected chi connectivity index (χ3v) is 3.43. The predicted molar refractivity (Wildman–Crippen MR) is 86.0 cm³/mol. The molecule has 9 heteroatoms. The Labute approximate surface area is 141 Å². The molecule has 0 aliphatic rings. The summed E-state index contributed by atoms with van der Waals surface area (Å²) < 4.78 is 5.02. The van der Waals surface area contributed by atoms with E-state index in [0.717, 1.165) is 17.9 Å². The first-order chi connectivity index (χ1) is 11.3. The Kier molecular flexibility index (Phi) is 11.8. The van der Waals surface area contributed by atoms with Crippen LogP contribution < -0.4 is 5.32 Å². The van der Waals surface area contributed by atoms with Crippen LogP contribution in [0.4, 0.5) is 0 Å². The predicted octanol–water partition coefficient (Wildman–Crippen LogP) is -0.0468. The van der Waals surface area contributed by atoms with Gasteiger partial charge in [0.2, 0.25) is 0 Å². The number of methoxy groups -OCH3 is 1. The van der Waals surface area contributed by atoms with Crippen molar-refractivity contribution in [1.82, 2.24) is 10.2 Å². The summed E-state index contributed by atoms with van der Waals surface area (Å²) in [5.74, 6) is -3.34. The maximum absolute atomic E-state index is 11.3. The van der Waals surface area contributed by atoms with E-state index in [-0.39, 0.29) is 6.42 Å². The van der Waals surface area contributed by atoms with E-state index < -0.39 is 37.0 Å². The Bertz CT molecular complexity index is 387. The largest absolute Gasteiger partial charge is 0.480 e. The number of carboxylic acids is 3. The van der Waals surface area contributed by atoms with Crippen LogP contribution in [0.2, 0.25) is 0 Å². The molecule has 0 aromatic heterocycles. The van der Waals surface area contributed by atoms with E-state index in [0.29, 0.717) is 25.5 Å². The van der Waals surface area contributed by atoms with Crippen molar-refractivity contribution in [3.05, 3.63) is 0 Å². The van der Waals surface area contributed by atoms with Crippen molar-refractivity contribution in [2.75, 3.05) is 39.9 Å². The summed E-state index contributed by atoms with van der Waals surface area (Å²) in [6.07, 6.45) is 1.47. The van der Waals surface area contributed by atoms with Crippen molar-refractivity contribution < 1.29 is 34.4 Å². The second kappa shape index (κ2) is 12.7. The lowest BCUT2D eigenvalue weighted by Crippen LogP contribution is -2.46. The molecule has 0 saturated carbocycles. The highest BCUT2D eigenvalue weighted by Crippen LogP contribution is 2.09. The Balaban J connectivity index is 4.28. The van der Waals surface area contributed by atoms with Crippen molar-refractivity contribution >= 4 is 17.9 Å². The van der Waals surface area contributed by atoms with Crippen molar-refractivity contribution in [3.63, 3.8) is 0 Å². The summed E-state index contributed by atoms with van der Waals surface area (Å²) in [7, 11) is 1.64. The highest BCUT2D eigenvalue weighted by atomic mass is 16.5. The molecule has 9 nitrogen and oxygen atoms in total. The first kappa shape index (κ1) is 22.3. The first-order valence-corrected chi connectivity index (χ1v) is 7.88. The Morgan fingerprint density at radius 3 is 2.12 bits per heavy atom. The van der Waals surface area contributed by atoms with Gasteiger partial charge < -0.3 is 25.4 Å². The average Bonchev–Trinajstić information content (AvgIpc) is 2.44. The summed E-state index contributed by atoms with van der Waals surface area (Å²) in [6, 6.07) is -1.12. The van der Waals surface area contributed by atoms with Crippen molar-refractivity contribution in [2.24, 2.45) is 5.92 Å².